The van der Waals surface area contributed by atoms with Crippen molar-refractivity contribution in [1.82, 2.24) is 15.3 Å². The van der Waals surface area contributed by atoms with Crippen LogP contribution in [0.15, 0.2) is 12.4 Å². The van der Waals surface area contributed by atoms with Gasteiger partial charge in [-0.15, -0.1) is 0 Å². The number of nitrogens with one attached hydrogen (secondary N) is 1. The van der Waals surface area contributed by atoms with Crippen molar-refractivity contribution in [1.29, 1.82) is 5.26 Å². The molecule has 0 amide bonds. The van der Waals surface area contributed by atoms with E-state index >= 15 is 0 Å². The van der Waals surface area contributed by atoms with E-state index in [4.69, 9.17) is 5.26 Å². The van der Waals surface area contributed by atoms with Gasteiger partial charge < -0.3 is 10.2 Å². The molecule has 82 valence electrons. The quantitative estimate of drug-likeness (QED) is 0.714. The van der Waals surface area contributed by atoms with E-state index < -0.39 is 0 Å². The molecule has 1 N–H and O–H groups in total. The topological polar surface area (TPSA) is 64.8 Å². The first-order valence-electron chi connectivity index (χ1n) is 5.55. The number of hydrogen-bond acceptors (Lipinski definition) is 5. The molecule has 0 radical (unpaired) electrons. The summed E-state index contributed by atoms with van der Waals surface area (Å²) in [6.45, 7) is 4.16. The first-order valence-corrected chi connectivity index (χ1v) is 5.55. The third kappa shape index (κ3) is 1.42. The molecule has 2 saturated heterocycles. The van der Waals surface area contributed by atoms with E-state index in [2.05, 4.69) is 26.3 Å². The first-order chi connectivity index (χ1) is 7.88. The van der Waals surface area contributed by atoms with Crippen LogP contribution in [0.5, 0.6) is 0 Å². The van der Waals surface area contributed by atoms with Gasteiger partial charge in [0.15, 0.2) is 11.5 Å². The lowest BCUT2D eigenvalue weighted by Crippen LogP contribution is -2.27. The monoisotopic (exact) mass is 215 g/mol. The molecule has 0 saturated carbocycles. The minimum absolute atomic E-state index is 0.440. The summed E-state index contributed by atoms with van der Waals surface area (Å²) in [7, 11) is 0. The molecule has 0 aromatic carbocycles. The molecule has 2 atom stereocenters. The van der Waals surface area contributed by atoms with Crippen LogP contribution in [-0.2, 0) is 0 Å². The van der Waals surface area contributed by atoms with Crippen LogP contribution >= 0.6 is 0 Å². The summed E-state index contributed by atoms with van der Waals surface area (Å²) in [5.41, 5.74) is 0.440. The van der Waals surface area contributed by atoms with E-state index in [1.165, 1.54) is 0 Å². The van der Waals surface area contributed by atoms with E-state index in [0.717, 1.165) is 32.0 Å². The summed E-state index contributed by atoms with van der Waals surface area (Å²) in [6.07, 6.45) is 3.23. The van der Waals surface area contributed by atoms with Crippen molar-refractivity contribution < 1.29 is 0 Å². The SMILES string of the molecule is N#Cc1nccnc1N1C[C@H]2CNC[C@H]2C1. The van der Waals surface area contributed by atoms with Gasteiger partial charge in [0.05, 0.1) is 0 Å². The van der Waals surface area contributed by atoms with Crippen molar-refractivity contribution in [3.8, 4) is 6.07 Å². The van der Waals surface area contributed by atoms with Crippen LogP contribution in [0.3, 0.4) is 0 Å². The van der Waals surface area contributed by atoms with Crippen LogP contribution in [0.4, 0.5) is 5.82 Å². The maximum Gasteiger partial charge on any atom is 0.183 e. The first kappa shape index (κ1) is 9.55. The smallest absolute Gasteiger partial charge is 0.183 e. The van der Waals surface area contributed by atoms with Crippen molar-refractivity contribution in [2.45, 2.75) is 0 Å². The number of hydrogen-bond donors (Lipinski definition) is 1. The zero-order valence-corrected chi connectivity index (χ0v) is 8.93. The van der Waals surface area contributed by atoms with Gasteiger partial charge in [-0.3, -0.25) is 0 Å². The molecule has 1 aromatic rings. The molecule has 0 unspecified atom stereocenters. The fraction of sp³-hybridized carbons (Fsp3) is 0.545. The van der Waals surface area contributed by atoms with Gasteiger partial charge >= 0.3 is 0 Å². The Labute approximate surface area is 94.1 Å². The minimum atomic E-state index is 0.440. The Kier molecular flexibility index (Phi) is 2.22. The van der Waals surface area contributed by atoms with Crippen LogP contribution in [0.1, 0.15) is 5.69 Å². The zero-order chi connectivity index (χ0) is 11.0. The number of rotatable bonds is 1. The number of aromatic nitrogens is 2. The molecule has 1 aromatic heterocycles. The van der Waals surface area contributed by atoms with Gasteiger partial charge in [0.1, 0.15) is 6.07 Å². The van der Waals surface area contributed by atoms with E-state index in [-0.39, 0.29) is 0 Å². The Balaban J connectivity index is 1.86. The Morgan fingerprint density at radius 3 is 2.62 bits per heavy atom. The second-order valence-electron chi connectivity index (χ2n) is 4.42. The predicted molar refractivity (Wildman–Crippen MR) is 58.8 cm³/mol. The van der Waals surface area contributed by atoms with Gasteiger partial charge in [0.25, 0.3) is 0 Å². The Morgan fingerprint density at radius 2 is 1.94 bits per heavy atom. The largest absolute Gasteiger partial charge is 0.354 e. The molecule has 0 spiro atoms. The van der Waals surface area contributed by atoms with Crippen molar-refractivity contribution in [2.24, 2.45) is 11.8 Å². The highest BCUT2D eigenvalue weighted by Gasteiger charge is 2.37. The van der Waals surface area contributed by atoms with E-state index in [1.54, 1.807) is 12.4 Å². The van der Waals surface area contributed by atoms with Gasteiger partial charge in [-0.05, 0) is 11.8 Å². The molecule has 5 heteroatoms. The third-order valence-corrected chi connectivity index (χ3v) is 3.47. The summed E-state index contributed by atoms with van der Waals surface area (Å²) in [5.74, 6) is 2.15. The van der Waals surface area contributed by atoms with Gasteiger partial charge in [-0.25, -0.2) is 9.97 Å². The number of nitrogens with zero attached hydrogens (tertiary/aromatic N) is 4. The predicted octanol–water partition coefficient (Wildman–Crippen LogP) is 0.00388. The number of nitriles is 1. The van der Waals surface area contributed by atoms with Crippen molar-refractivity contribution in [3.63, 3.8) is 0 Å². The fourth-order valence-corrected chi connectivity index (χ4v) is 2.67. The van der Waals surface area contributed by atoms with Crippen molar-refractivity contribution in [3.05, 3.63) is 18.1 Å². The molecule has 5 nitrogen and oxygen atoms in total. The summed E-state index contributed by atoms with van der Waals surface area (Å²) >= 11 is 0. The second kappa shape index (κ2) is 3.72. The molecule has 2 aliphatic rings. The van der Waals surface area contributed by atoms with Crippen LogP contribution in [-0.4, -0.2) is 36.1 Å². The summed E-state index contributed by atoms with van der Waals surface area (Å²) < 4.78 is 0. The molecule has 3 rings (SSSR count). The van der Waals surface area contributed by atoms with Crippen LogP contribution in [0.2, 0.25) is 0 Å². The normalized spacial score (nSPS) is 27.8. The van der Waals surface area contributed by atoms with Crippen LogP contribution in [0.25, 0.3) is 0 Å². The minimum Gasteiger partial charge on any atom is -0.354 e. The molecule has 2 fully saturated rings. The van der Waals surface area contributed by atoms with Crippen LogP contribution < -0.4 is 10.2 Å². The molecule has 0 bridgehead atoms. The molecular formula is C11H13N5. The van der Waals surface area contributed by atoms with Crippen molar-refractivity contribution in [2.75, 3.05) is 31.1 Å². The zero-order valence-electron chi connectivity index (χ0n) is 8.93. The summed E-state index contributed by atoms with van der Waals surface area (Å²) in [4.78, 5) is 10.5. The standard InChI is InChI=1S/C11H13N5/c12-3-10-11(15-2-1-14-10)16-6-8-4-13-5-9(8)7-16/h1-2,8-9,13H,4-7H2/t8-,9+. The number of fused-ring (bicyclic) bond motifs is 1. The number of anilines is 1. The maximum atomic E-state index is 8.99. The lowest BCUT2D eigenvalue weighted by atomic mass is 10.0. The maximum absolute atomic E-state index is 8.99. The highest BCUT2D eigenvalue weighted by atomic mass is 15.2. The van der Waals surface area contributed by atoms with E-state index in [0.29, 0.717) is 17.5 Å². The molecule has 16 heavy (non-hydrogen) atoms. The Morgan fingerprint density at radius 1 is 1.25 bits per heavy atom. The van der Waals surface area contributed by atoms with Gasteiger partial charge in [-0.1, -0.05) is 0 Å². The van der Waals surface area contributed by atoms with Crippen molar-refractivity contribution >= 4 is 5.82 Å². The lowest BCUT2D eigenvalue weighted by molar-refractivity contribution is 0.533. The average molecular weight is 215 g/mol. The fourth-order valence-electron chi connectivity index (χ4n) is 2.67. The average Bonchev–Trinajstić information content (AvgIpc) is 2.89. The molecule has 2 aliphatic heterocycles. The van der Waals surface area contributed by atoms with Crippen LogP contribution in [0, 0.1) is 23.2 Å². The summed E-state index contributed by atoms with van der Waals surface area (Å²) in [5, 5.41) is 12.4. The highest BCUT2D eigenvalue weighted by Crippen LogP contribution is 2.30. The molecular weight excluding hydrogens is 202 g/mol. The molecule has 0 aliphatic carbocycles. The Hall–Kier alpha value is -1.67. The lowest BCUT2D eigenvalue weighted by Gasteiger charge is -2.18. The van der Waals surface area contributed by atoms with Gasteiger partial charge in [0, 0.05) is 38.6 Å². The second-order valence-corrected chi connectivity index (χ2v) is 4.42. The Bertz CT molecular complexity index is 426. The third-order valence-electron chi connectivity index (χ3n) is 3.47. The van der Waals surface area contributed by atoms with Gasteiger partial charge in [0.2, 0.25) is 0 Å². The molecule has 3 heterocycles. The van der Waals surface area contributed by atoms with E-state index in [9.17, 15) is 0 Å². The summed E-state index contributed by atoms with van der Waals surface area (Å²) in [6, 6.07) is 2.11. The highest BCUT2D eigenvalue weighted by molar-refractivity contribution is 5.50. The van der Waals surface area contributed by atoms with Gasteiger partial charge in [-0.2, -0.15) is 5.26 Å². The van der Waals surface area contributed by atoms with E-state index in [1.807, 2.05) is 0 Å².